The van der Waals surface area contributed by atoms with E-state index in [1.165, 1.54) is 24.8 Å². The van der Waals surface area contributed by atoms with E-state index in [1.807, 2.05) is 30.6 Å². The number of nitrogens with one attached hydrogen (secondary N) is 1. The number of aromatic nitrogens is 2. The number of ketones is 1. The first kappa shape index (κ1) is 15.6. The number of Topliss-reactive ketones (excluding diaryl/α,β-unsaturated/α-hetero) is 1. The van der Waals surface area contributed by atoms with Crippen LogP contribution in [0.4, 0.5) is 0 Å². The maximum absolute atomic E-state index is 13.1. The number of hydrogen-bond acceptors (Lipinski definition) is 2. The van der Waals surface area contributed by atoms with Crippen molar-refractivity contribution in [3.8, 4) is 11.3 Å². The van der Waals surface area contributed by atoms with Crippen LogP contribution in [-0.2, 0) is 12.8 Å². The fourth-order valence-electron chi connectivity index (χ4n) is 4.70. The Bertz CT molecular complexity index is 953. The predicted molar refractivity (Wildman–Crippen MR) is 102 cm³/mol. The molecule has 0 unspecified atom stereocenters. The van der Waals surface area contributed by atoms with Gasteiger partial charge in [-0.15, -0.1) is 0 Å². The summed E-state index contributed by atoms with van der Waals surface area (Å²) in [6, 6.07) is 14.5. The van der Waals surface area contributed by atoms with Gasteiger partial charge in [-0.2, -0.15) is 0 Å². The fraction of sp³-hybridized carbons (Fsp3) is 0.304. The minimum Gasteiger partial charge on any atom is -0.358 e. The molecule has 3 aromatic rings. The average Bonchev–Trinajstić information content (AvgIpc) is 3.00. The van der Waals surface area contributed by atoms with E-state index >= 15 is 0 Å². The van der Waals surface area contributed by atoms with Crippen molar-refractivity contribution in [1.29, 1.82) is 0 Å². The smallest absolute Gasteiger partial charge is 0.165 e. The van der Waals surface area contributed by atoms with E-state index in [0.29, 0.717) is 5.78 Å². The highest BCUT2D eigenvalue weighted by molar-refractivity contribution is 6.02. The molecule has 0 radical (unpaired) electrons. The normalized spacial score (nSPS) is 17.8. The first-order valence-corrected chi connectivity index (χ1v) is 9.45. The lowest BCUT2D eigenvalue weighted by Crippen LogP contribution is -2.38. The third kappa shape index (κ3) is 2.50. The van der Waals surface area contributed by atoms with E-state index in [2.05, 4.69) is 34.2 Å². The second-order valence-corrected chi connectivity index (χ2v) is 7.86. The van der Waals surface area contributed by atoms with Crippen LogP contribution in [0.2, 0.25) is 0 Å². The van der Waals surface area contributed by atoms with Gasteiger partial charge in [-0.1, -0.05) is 36.8 Å². The molecule has 0 saturated heterocycles. The number of carbonyl (C=O) groups is 1. The zero-order chi connectivity index (χ0) is 17.6. The summed E-state index contributed by atoms with van der Waals surface area (Å²) in [5.74, 6) is 0.327. The number of pyridine rings is 1. The van der Waals surface area contributed by atoms with Crippen LogP contribution in [-0.4, -0.2) is 15.8 Å². The Morgan fingerprint density at radius 1 is 1.00 bits per heavy atom. The molecule has 2 aliphatic carbocycles. The van der Waals surface area contributed by atoms with E-state index in [-0.39, 0.29) is 5.41 Å². The van der Waals surface area contributed by atoms with Crippen LogP contribution in [0.5, 0.6) is 0 Å². The Hall–Kier alpha value is -2.68. The lowest BCUT2D eigenvalue weighted by molar-refractivity contribution is 0.0707. The molecule has 3 heteroatoms. The number of rotatable bonds is 3. The lowest BCUT2D eigenvalue weighted by Gasteiger charge is -2.44. The quantitative estimate of drug-likeness (QED) is 0.730. The van der Waals surface area contributed by atoms with E-state index in [4.69, 9.17) is 0 Å². The Labute approximate surface area is 153 Å². The molecule has 2 aromatic heterocycles. The maximum atomic E-state index is 13.1. The summed E-state index contributed by atoms with van der Waals surface area (Å²) in [6.07, 6.45) is 9.79. The van der Waals surface area contributed by atoms with Crippen molar-refractivity contribution >= 4 is 5.78 Å². The van der Waals surface area contributed by atoms with Crippen LogP contribution in [0.3, 0.4) is 0 Å². The van der Waals surface area contributed by atoms with Crippen molar-refractivity contribution in [2.75, 3.05) is 0 Å². The standard InChI is InChI=1S/C23H22N2O/c26-20-15-23(9-4-10-23)14-19-21(20)18(13-16-5-2-1-3-6-16)22(25-19)17-7-11-24-12-8-17/h1-3,5-8,11-12,25H,4,9-10,13-15H2. The summed E-state index contributed by atoms with van der Waals surface area (Å²) in [7, 11) is 0. The zero-order valence-electron chi connectivity index (χ0n) is 14.8. The molecule has 5 rings (SSSR count). The van der Waals surface area contributed by atoms with Gasteiger partial charge in [-0.3, -0.25) is 9.78 Å². The van der Waals surface area contributed by atoms with Gasteiger partial charge in [-0.25, -0.2) is 0 Å². The molecular weight excluding hydrogens is 320 g/mol. The van der Waals surface area contributed by atoms with Gasteiger partial charge >= 0.3 is 0 Å². The molecular formula is C23H22N2O. The highest BCUT2D eigenvalue weighted by Crippen LogP contribution is 2.51. The Balaban J connectivity index is 1.65. The van der Waals surface area contributed by atoms with Crippen LogP contribution in [0.25, 0.3) is 11.3 Å². The summed E-state index contributed by atoms with van der Waals surface area (Å²) in [4.78, 5) is 20.9. The molecule has 3 nitrogen and oxygen atoms in total. The fourth-order valence-corrected chi connectivity index (χ4v) is 4.70. The topological polar surface area (TPSA) is 45.8 Å². The van der Waals surface area contributed by atoms with Crippen LogP contribution >= 0.6 is 0 Å². The summed E-state index contributed by atoms with van der Waals surface area (Å²) in [5.41, 5.74) is 6.92. The lowest BCUT2D eigenvalue weighted by atomic mass is 9.60. The molecule has 1 aromatic carbocycles. The third-order valence-electron chi connectivity index (χ3n) is 6.15. The van der Waals surface area contributed by atoms with Crippen molar-refractivity contribution < 1.29 is 4.79 Å². The minimum atomic E-state index is 0.231. The second kappa shape index (κ2) is 5.94. The Kier molecular flexibility index (Phi) is 3.56. The van der Waals surface area contributed by atoms with Crippen molar-refractivity contribution in [3.63, 3.8) is 0 Å². The monoisotopic (exact) mass is 342 g/mol. The SMILES string of the molecule is O=C1CC2(CCC2)Cc2[nH]c(-c3ccncc3)c(Cc3ccccc3)c21. The first-order chi connectivity index (χ1) is 12.7. The van der Waals surface area contributed by atoms with E-state index in [9.17, 15) is 4.79 Å². The van der Waals surface area contributed by atoms with Gasteiger partial charge in [-0.05, 0) is 47.9 Å². The van der Waals surface area contributed by atoms with Gasteiger partial charge in [0.2, 0.25) is 0 Å². The van der Waals surface area contributed by atoms with Crippen molar-refractivity contribution in [1.82, 2.24) is 9.97 Å². The number of hydrogen-bond donors (Lipinski definition) is 1. The average molecular weight is 342 g/mol. The molecule has 1 fully saturated rings. The summed E-state index contributed by atoms with van der Waals surface area (Å²) < 4.78 is 0. The molecule has 130 valence electrons. The number of carbonyl (C=O) groups excluding carboxylic acids is 1. The summed E-state index contributed by atoms with van der Waals surface area (Å²) in [6.45, 7) is 0. The predicted octanol–water partition coefficient (Wildman–Crippen LogP) is 4.97. The molecule has 2 aliphatic rings. The highest BCUT2D eigenvalue weighted by atomic mass is 16.1. The molecule has 0 amide bonds. The maximum Gasteiger partial charge on any atom is 0.165 e. The van der Waals surface area contributed by atoms with Crippen LogP contribution in [0.15, 0.2) is 54.9 Å². The Morgan fingerprint density at radius 3 is 2.46 bits per heavy atom. The van der Waals surface area contributed by atoms with Gasteiger partial charge in [0, 0.05) is 42.1 Å². The minimum absolute atomic E-state index is 0.231. The molecule has 0 bridgehead atoms. The molecule has 26 heavy (non-hydrogen) atoms. The molecule has 1 saturated carbocycles. The molecule has 0 aliphatic heterocycles. The van der Waals surface area contributed by atoms with Crippen LogP contribution < -0.4 is 0 Å². The number of nitrogens with zero attached hydrogens (tertiary/aromatic N) is 1. The van der Waals surface area contributed by atoms with Crippen molar-refractivity contribution in [2.45, 2.75) is 38.5 Å². The van der Waals surface area contributed by atoms with Crippen LogP contribution in [0.1, 0.15) is 52.9 Å². The highest BCUT2D eigenvalue weighted by Gasteiger charge is 2.44. The molecule has 1 spiro atoms. The van der Waals surface area contributed by atoms with E-state index in [1.54, 1.807) is 0 Å². The summed E-state index contributed by atoms with van der Waals surface area (Å²) >= 11 is 0. The summed E-state index contributed by atoms with van der Waals surface area (Å²) in [5, 5.41) is 0. The second-order valence-electron chi connectivity index (χ2n) is 7.86. The van der Waals surface area contributed by atoms with E-state index in [0.717, 1.165) is 47.3 Å². The third-order valence-corrected chi connectivity index (χ3v) is 6.15. The van der Waals surface area contributed by atoms with E-state index < -0.39 is 0 Å². The first-order valence-electron chi connectivity index (χ1n) is 9.45. The zero-order valence-corrected chi connectivity index (χ0v) is 14.8. The van der Waals surface area contributed by atoms with Gasteiger partial charge in [0.15, 0.2) is 5.78 Å². The van der Waals surface area contributed by atoms with Gasteiger partial charge < -0.3 is 4.98 Å². The Morgan fingerprint density at radius 2 is 1.77 bits per heavy atom. The number of benzene rings is 1. The number of fused-ring (bicyclic) bond motifs is 1. The van der Waals surface area contributed by atoms with Crippen molar-refractivity contribution in [2.24, 2.45) is 5.41 Å². The molecule has 2 heterocycles. The van der Waals surface area contributed by atoms with Gasteiger partial charge in [0.1, 0.15) is 0 Å². The molecule has 1 N–H and O–H groups in total. The van der Waals surface area contributed by atoms with Gasteiger partial charge in [0.05, 0.1) is 5.69 Å². The van der Waals surface area contributed by atoms with Gasteiger partial charge in [0.25, 0.3) is 0 Å². The molecule has 0 atom stereocenters. The van der Waals surface area contributed by atoms with Crippen LogP contribution in [0, 0.1) is 5.41 Å². The number of H-pyrrole nitrogens is 1. The number of aromatic amines is 1. The largest absolute Gasteiger partial charge is 0.358 e. The van der Waals surface area contributed by atoms with Crippen molar-refractivity contribution in [3.05, 3.63) is 77.2 Å².